The quantitative estimate of drug-likeness (QED) is 0.698. The maximum Gasteiger partial charge on any atom is 0.239 e. The lowest BCUT2D eigenvalue weighted by Crippen LogP contribution is -2.45. The molecule has 1 fully saturated rings. The van der Waals surface area contributed by atoms with Crippen LogP contribution >= 0.6 is 15.9 Å². The van der Waals surface area contributed by atoms with E-state index in [0.717, 1.165) is 0 Å². The minimum Gasteiger partial charge on any atom is -0.389 e. The fraction of sp³-hybridized carbons (Fsp3) is 0.889. The maximum absolute atomic E-state index is 11.8. The number of amides is 1. The summed E-state index contributed by atoms with van der Waals surface area (Å²) in [6, 6.07) is 0. The number of nitrogens with zero attached hydrogens (tertiary/aromatic N) is 1. The maximum atomic E-state index is 11.8. The van der Waals surface area contributed by atoms with Crippen molar-refractivity contribution in [3.8, 4) is 0 Å². The van der Waals surface area contributed by atoms with Gasteiger partial charge in [-0.05, 0) is 13.8 Å². The third kappa shape index (κ3) is 3.22. The molecular weight excluding hydrogens is 250 g/mol. The van der Waals surface area contributed by atoms with Crippen LogP contribution in [0.3, 0.4) is 0 Å². The van der Waals surface area contributed by atoms with Crippen LogP contribution in [0.15, 0.2) is 0 Å². The Morgan fingerprint density at radius 1 is 1.64 bits per heavy atom. The van der Waals surface area contributed by atoms with Crippen LogP contribution in [0, 0.1) is 0 Å². The molecule has 5 heteroatoms. The fourth-order valence-electron chi connectivity index (χ4n) is 1.35. The smallest absolute Gasteiger partial charge is 0.239 e. The minimum absolute atomic E-state index is 0.0120. The molecule has 0 spiro atoms. The Kier molecular flexibility index (Phi) is 3.92. The molecule has 0 aliphatic carbocycles. The van der Waals surface area contributed by atoms with E-state index in [4.69, 9.17) is 4.74 Å². The molecule has 14 heavy (non-hydrogen) atoms. The van der Waals surface area contributed by atoms with Gasteiger partial charge in [-0.15, -0.1) is 0 Å². The Morgan fingerprint density at radius 3 is 2.86 bits per heavy atom. The summed E-state index contributed by atoms with van der Waals surface area (Å²) >= 11 is 3.31. The van der Waals surface area contributed by atoms with E-state index in [1.807, 2.05) is 0 Å². The highest BCUT2D eigenvalue weighted by Gasteiger charge is 2.31. The number of aliphatic hydroxyl groups excluding tert-OH is 1. The van der Waals surface area contributed by atoms with Gasteiger partial charge >= 0.3 is 0 Å². The fourth-order valence-corrected chi connectivity index (χ4v) is 1.60. The van der Waals surface area contributed by atoms with Crippen LogP contribution in [-0.2, 0) is 9.53 Å². The van der Waals surface area contributed by atoms with E-state index in [-0.39, 0.29) is 5.91 Å². The van der Waals surface area contributed by atoms with Crippen LogP contribution in [0.25, 0.3) is 0 Å². The summed E-state index contributed by atoms with van der Waals surface area (Å²) in [4.78, 5) is 13.5. The lowest BCUT2D eigenvalue weighted by Gasteiger charge is -2.27. The average molecular weight is 266 g/mol. The molecule has 0 radical (unpaired) electrons. The second-order valence-corrected chi connectivity index (χ2v) is 5.93. The van der Waals surface area contributed by atoms with Crippen LogP contribution in [0.4, 0.5) is 0 Å². The van der Waals surface area contributed by atoms with Crippen molar-refractivity contribution in [2.75, 3.05) is 26.3 Å². The van der Waals surface area contributed by atoms with Gasteiger partial charge in [0, 0.05) is 13.1 Å². The van der Waals surface area contributed by atoms with E-state index in [2.05, 4.69) is 15.9 Å². The van der Waals surface area contributed by atoms with Gasteiger partial charge in [0.15, 0.2) is 0 Å². The van der Waals surface area contributed by atoms with Gasteiger partial charge in [0.2, 0.25) is 5.91 Å². The topological polar surface area (TPSA) is 49.8 Å². The first kappa shape index (κ1) is 11.9. The molecule has 1 aliphatic heterocycles. The number of ether oxygens (including phenoxy) is 1. The summed E-state index contributed by atoms with van der Waals surface area (Å²) in [6.07, 6.45) is -0.573. The number of alkyl halides is 1. The van der Waals surface area contributed by atoms with Gasteiger partial charge < -0.3 is 14.7 Å². The highest BCUT2D eigenvalue weighted by molar-refractivity contribution is 9.10. The number of hydrogen-bond donors (Lipinski definition) is 1. The van der Waals surface area contributed by atoms with Crippen LogP contribution < -0.4 is 0 Å². The molecule has 1 N–H and O–H groups in total. The Labute approximate surface area is 92.3 Å². The normalized spacial score (nSPS) is 24.6. The Hall–Kier alpha value is -0.130. The van der Waals surface area contributed by atoms with Crippen molar-refractivity contribution in [1.29, 1.82) is 0 Å². The van der Waals surface area contributed by atoms with Gasteiger partial charge in [-0.25, -0.2) is 0 Å². The summed E-state index contributed by atoms with van der Waals surface area (Å²) in [5, 5.41) is 9.44. The number of carbonyl (C=O) groups excluding carboxylic acids is 1. The van der Waals surface area contributed by atoms with Gasteiger partial charge in [0.1, 0.15) is 0 Å². The molecule has 0 saturated carbocycles. The summed E-state index contributed by atoms with van der Waals surface area (Å²) in [5.41, 5.74) is 0. The number of carbonyl (C=O) groups is 1. The zero-order valence-electron chi connectivity index (χ0n) is 8.49. The first-order valence-electron chi connectivity index (χ1n) is 4.65. The Balaban J connectivity index is 2.62. The predicted molar refractivity (Wildman–Crippen MR) is 56.4 cm³/mol. The van der Waals surface area contributed by atoms with Crippen LogP contribution in [0.1, 0.15) is 13.8 Å². The SMILES string of the molecule is CC(C)(Br)C(=O)N1CCOCC(O)C1. The molecule has 1 heterocycles. The molecule has 1 rings (SSSR count). The number of hydrogen-bond acceptors (Lipinski definition) is 3. The molecular formula is C9H16BrNO3. The molecule has 0 aromatic carbocycles. The molecule has 4 nitrogen and oxygen atoms in total. The molecule has 1 atom stereocenters. The summed E-state index contributed by atoms with van der Waals surface area (Å²) in [6.45, 7) is 5.30. The Bertz CT molecular complexity index is 215. The highest BCUT2D eigenvalue weighted by Crippen LogP contribution is 2.19. The van der Waals surface area contributed by atoms with E-state index in [1.165, 1.54) is 0 Å². The van der Waals surface area contributed by atoms with Crippen LogP contribution in [0.5, 0.6) is 0 Å². The molecule has 1 aliphatic rings. The standard InChI is InChI=1S/C9H16BrNO3/c1-9(2,10)8(13)11-3-4-14-6-7(12)5-11/h7,12H,3-6H2,1-2H3. The van der Waals surface area contributed by atoms with Gasteiger partial charge in [-0.1, -0.05) is 15.9 Å². The highest BCUT2D eigenvalue weighted by atomic mass is 79.9. The lowest BCUT2D eigenvalue weighted by atomic mass is 10.2. The average Bonchev–Trinajstić information content (AvgIpc) is 2.26. The van der Waals surface area contributed by atoms with E-state index < -0.39 is 10.4 Å². The van der Waals surface area contributed by atoms with Gasteiger partial charge in [-0.2, -0.15) is 0 Å². The van der Waals surface area contributed by atoms with E-state index in [0.29, 0.717) is 26.3 Å². The van der Waals surface area contributed by atoms with Crippen LogP contribution in [0.2, 0.25) is 0 Å². The zero-order chi connectivity index (χ0) is 10.8. The molecule has 0 aromatic rings. The third-order valence-corrected chi connectivity index (χ3v) is 2.38. The molecule has 1 amide bonds. The van der Waals surface area contributed by atoms with Crippen molar-refractivity contribution in [3.63, 3.8) is 0 Å². The van der Waals surface area contributed by atoms with Gasteiger partial charge in [-0.3, -0.25) is 4.79 Å². The van der Waals surface area contributed by atoms with E-state index in [1.54, 1.807) is 18.7 Å². The van der Waals surface area contributed by atoms with Crippen molar-refractivity contribution in [3.05, 3.63) is 0 Å². The zero-order valence-corrected chi connectivity index (χ0v) is 10.1. The summed E-state index contributed by atoms with van der Waals surface area (Å²) in [7, 11) is 0. The van der Waals surface area contributed by atoms with Crippen LogP contribution in [-0.4, -0.2) is 52.6 Å². The van der Waals surface area contributed by atoms with Crippen molar-refractivity contribution >= 4 is 21.8 Å². The first-order chi connectivity index (χ1) is 6.41. The molecule has 1 saturated heterocycles. The molecule has 82 valence electrons. The monoisotopic (exact) mass is 265 g/mol. The summed E-state index contributed by atoms with van der Waals surface area (Å²) < 4.78 is 4.57. The number of halogens is 1. The third-order valence-electron chi connectivity index (χ3n) is 2.04. The van der Waals surface area contributed by atoms with Crippen molar-refractivity contribution < 1.29 is 14.6 Å². The van der Waals surface area contributed by atoms with Gasteiger partial charge in [0.25, 0.3) is 0 Å². The van der Waals surface area contributed by atoms with E-state index >= 15 is 0 Å². The largest absolute Gasteiger partial charge is 0.389 e. The molecule has 0 aromatic heterocycles. The number of aliphatic hydroxyl groups is 1. The van der Waals surface area contributed by atoms with Gasteiger partial charge in [0.05, 0.1) is 23.6 Å². The first-order valence-corrected chi connectivity index (χ1v) is 5.44. The van der Waals surface area contributed by atoms with Crippen molar-refractivity contribution in [2.24, 2.45) is 0 Å². The number of rotatable bonds is 1. The van der Waals surface area contributed by atoms with Crippen molar-refractivity contribution in [2.45, 2.75) is 24.3 Å². The number of β-amino-alcohol motifs (C(OH)–C–C–N with tert-alkyl or cyclic N) is 1. The van der Waals surface area contributed by atoms with Crippen molar-refractivity contribution in [1.82, 2.24) is 4.90 Å². The Morgan fingerprint density at radius 2 is 2.29 bits per heavy atom. The second kappa shape index (κ2) is 4.59. The molecule has 1 unspecified atom stereocenters. The lowest BCUT2D eigenvalue weighted by molar-refractivity contribution is -0.133. The minimum atomic E-state index is -0.573. The predicted octanol–water partition coefficient (Wildman–Crippen LogP) is 0.380. The van der Waals surface area contributed by atoms with E-state index in [9.17, 15) is 9.90 Å². The second-order valence-electron chi connectivity index (χ2n) is 3.95. The molecule has 0 bridgehead atoms. The summed E-state index contributed by atoms with van der Waals surface area (Å²) in [5.74, 6) is -0.0120.